The summed E-state index contributed by atoms with van der Waals surface area (Å²) >= 11 is 0. The Hall–Kier alpha value is -1.09. The van der Waals surface area contributed by atoms with E-state index in [9.17, 15) is 4.39 Å². The molecule has 1 aromatic rings. The largest absolute Gasteiger partial charge is 0.490 e. The molecule has 0 saturated carbocycles. The summed E-state index contributed by atoms with van der Waals surface area (Å²) in [6, 6.07) is 5.00. The van der Waals surface area contributed by atoms with Gasteiger partial charge in [0.05, 0.1) is 6.61 Å². The van der Waals surface area contributed by atoms with Crippen molar-refractivity contribution in [2.45, 2.75) is 39.7 Å². The zero-order chi connectivity index (χ0) is 12.8. The van der Waals surface area contributed by atoms with E-state index in [-0.39, 0.29) is 11.9 Å². The Balaban J connectivity index is 2.80. The van der Waals surface area contributed by atoms with Gasteiger partial charge in [0.2, 0.25) is 0 Å². The molecule has 1 aromatic carbocycles. The van der Waals surface area contributed by atoms with E-state index < -0.39 is 0 Å². The van der Waals surface area contributed by atoms with Crippen molar-refractivity contribution in [1.29, 1.82) is 0 Å². The van der Waals surface area contributed by atoms with Crippen LogP contribution < -0.4 is 10.5 Å². The van der Waals surface area contributed by atoms with Crippen molar-refractivity contribution in [2.24, 2.45) is 11.7 Å². The first-order chi connectivity index (χ1) is 8.04. The summed E-state index contributed by atoms with van der Waals surface area (Å²) in [6.45, 7) is 6.64. The van der Waals surface area contributed by atoms with Gasteiger partial charge >= 0.3 is 0 Å². The molecule has 0 aliphatic rings. The Labute approximate surface area is 103 Å². The average Bonchev–Trinajstić information content (AvgIpc) is 2.27. The molecule has 2 nitrogen and oxygen atoms in total. The third kappa shape index (κ3) is 4.35. The van der Waals surface area contributed by atoms with Crippen molar-refractivity contribution in [3.8, 4) is 5.75 Å². The molecule has 1 rings (SSSR count). The molecule has 0 fully saturated rings. The van der Waals surface area contributed by atoms with E-state index in [1.807, 2.05) is 13.0 Å². The standard InChI is InChI=1S/C14H22FNO/c1-4-10(2)9-17-14-12(8-11(3)16)6-5-7-13(14)15/h5-7,10-11H,4,8-9,16H2,1-3H3. The van der Waals surface area contributed by atoms with Gasteiger partial charge in [0, 0.05) is 6.04 Å². The van der Waals surface area contributed by atoms with Crippen LogP contribution in [0.3, 0.4) is 0 Å². The second-order valence-corrected chi connectivity index (χ2v) is 4.73. The van der Waals surface area contributed by atoms with Crippen LogP contribution >= 0.6 is 0 Å². The van der Waals surface area contributed by atoms with Gasteiger partial charge in [-0.1, -0.05) is 32.4 Å². The summed E-state index contributed by atoms with van der Waals surface area (Å²) in [7, 11) is 0. The third-order valence-electron chi connectivity index (χ3n) is 2.80. The molecule has 2 unspecified atom stereocenters. The van der Waals surface area contributed by atoms with Gasteiger partial charge < -0.3 is 10.5 Å². The van der Waals surface area contributed by atoms with Crippen LogP contribution in [-0.4, -0.2) is 12.6 Å². The number of nitrogens with two attached hydrogens (primary N) is 1. The van der Waals surface area contributed by atoms with Crippen LogP contribution in [0.25, 0.3) is 0 Å². The van der Waals surface area contributed by atoms with Crippen molar-refractivity contribution >= 4 is 0 Å². The Morgan fingerprint density at radius 1 is 1.35 bits per heavy atom. The molecule has 0 spiro atoms. The second-order valence-electron chi connectivity index (χ2n) is 4.73. The average molecular weight is 239 g/mol. The highest BCUT2D eigenvalue weighted by molar-refractivity contribution is 5.35. The summed E-state index contributed by atoms with van der Waals surface area (Å²) < 4.78 is 19.3. The summed E-state index contributed by atoms with van der Waals surface area (Å²) in [4.78, 5) is 0. The molecular weight excluding hydrogens is 217 g/mol. The quantitative estimate of drug-likeness (QED) is 0.827. The molecule has 0 saturated heterocycles. The van der Waals surface area contributed by atoms with E-state index >= 15 is 0 Å². The highest BCUT2D eigenvalue weighted by atomic mass is 19.1. The van der Waals surface area contributed by atoms with Gasteiger partial charge in [0.15, 0.2) is 11.6 Å². The van der Waals surface area contributed by atoms with Gasteiger partial charge in [0.1, 0.15) is 0 Å². The Morgan fingerprint density at radius 3 is 2.65 bits per heavy atom. The molecule has 0 heterocycles. The third-order valence-corrected chi connectivity index (χ3v) is 2.80. The maximum atomic E-state index is 13.7. The van der Waals surface area contributed by atoms with Crippen LogP contribution in [0.1, 0.15) is 32.8 Å². The minimum atomic E-state index is -0.300. The van der Waals surface area contributed by atoms with Crippen molar-refractivity contribution in [3.63, 3.8) is 0 Å². The summed E-state index contributed by atoms with van der Waals surface area (Å²) in [6.07, 6.45) is 1.66. The highest BCUT2D eigenvalue weighted by Gasteiger charge is 2.12. The van der Waals surface area contributed by atoms with Gasteiger partial charge in [-0.2, -0.15) is 0 Å². The fourth-order valence-electron chi connectivity index (χ4n) is 1.57. The van der Waals surface area contributed by atoms with E-state index in [4.69, 9.17) is 10.5 Å². The SMILES string of the molecule is CCC(C)COc1c(F)cccc1CC(C)N. The lowest BCUT2D eigenvalue weighted by atomic mass is 10.1. The van der Waals surface area contributed by atoms with Crippen LogP contribution in [0.15, 0.2) is 18.2 Å². The van der Waals surface area contributed by atoms with Crippen molar-refractivity contribution in [2.75, 3.05) is 6.61 Å². The van der Waals surface area contributed by atoms with E-state index in [0.717, 1.165) is 12.0 Å². The number of benzene rings is 1. The van der Waals surface area contributed by atoms with Crippen LogP contribution in [0, 0.1) is 11.7 Å². The van der Waals surface area contributed by atoms with Gasteiger partial charge in [0.25, 0.3) is 0 Å². The molecule has 0 aliphatic heterocycles. The van der Waals surface area contributed by atoms with E-state index in [2.05, 4.69) is 13.8 Å². The van der Waals surface area contributed by atoms with Crippen molar-refractivity contribution in [1.82, 2.24) is 0 Å². The number of halogens is 1. The molecule has 2 atom stereocenters. The summed E-state index contributed by atoms with van der Waals surface area (Å²) in [5, 5.41) is 0. The molecule has 0 amide bonds. The number of ether oxygens (including phenoxy) is 1. The number of hydrogen-bond acceptors (Lipinski definition) is 2. The topological polar surface area (TPSA) is 35.2 Å². The first-order valence-electron chi connectivity index (χ1n) is 6.20. The zero-order valence-electron chi connectivity index (χ0n) is 10.9. The first-order valence-corrected chi connectivity index (χ1v) is 6.20. The molecule has 0 aromatic heterocycles. The highest BCUT2D eigenvalue weighted by Crippen LogP contribution is 2.24. The minimum Gasteiger partial charge on any atom is -0.490 e. The molecule has 3 heteroatoms. The maximum Gasteiger partial charge on any atom is 0.165 e. The lowest BCUT2D eigenvalue weighted by molar-refractivity contribution is 0.243. The van der Waals surface area contributed by atoms with Crippen LogP contribution in [0.5, 0.6) is 5.75 Å². The lowest BCUT2D eigenvalue weighted by Crippen LogP contribution is -2.19. The molecule has 0 radical (unpaired) electrons. The fraction of sp³-hybridized carbons (Fsp3) is 0.571. The van der Waals surface area contributed by atoms with Gasteiger partial charge in [-0.15, -0.1) is 0 Å². The number of rotatable bonds is 6. The monoisotopic (exact) mass is 239 g/mol. The van der Waals surface area contributed by atoms with Crippen molar-refractivity contribution < 1.29 is 9.13 Å². The molecule has 0 bridgehead atoms. The zero-order valence-corrected chi connectivity index (χ0v) is 10.9. The Kier molecular flexibility index (Phi) is 5.42. The summed E-state index contributed by atoms with van der Waals surface area (Å²) in [5.41, 5.74) is 6.60. The normalized spacial score (nSPS) is 14.4. The molecular formula is C14H22FNO. The molecule has 2 N–H and O–H groups in total. The Bertz CT molecular complexity index is 352. The van der Waals surface area contributed by atoms with Gasteiger partial charge in [-0.05, 0) is 30.9 Å². The number of para-hydroxylation sites is 1. The first kappa shape index (κ1) is 14.0. The summed E-state index contributed by atoms with van der Waals surface area (Å²) in [5.74, 6) is 0.495. The molecule has 17 heavy (non-hydrogen) atoms. The molecule has 0 aliphatic carbocycles. The lowest BCUT2D eigenvalue weighted by Gasteiger charge is -2.16. The fourth-order valence-corrected chi connectivity index (χ4v) is 1.57. The minimum absolute atomic E-state index is 0.00255. The van der Waals surface area contributed by atoms with E-state index in [1.165, 1.54) is 6.07 Å². The van der Waals surface area contributed by atoms with E-state index in [1.54, 1.807) is 6.07 Å². The van der Waals surface area contributed by atoms with Crippen LogP contribution in [-0.2, 0) is 6.42 Å². The second kappa shape index (κ2) is 6.60. The van der Waals surface area contributed by atoms with Gasteiger partial charge in [-0.25, -0.2) is 4.39 Å². The predicted octanol–water partition coefficient (Wildman–Crippen LogP) is 3.14. The van der Waals surface area contributed by atoms with Gasteiger partial charge in [-0.3, -0.25) is 0 Å². The predicted molar refractivity (Wildman–Crippen MR) is 68.7 cm³/mol. The smallest absolute Gasteiger partial charge is 0.165 e. The van der Waals surface area contributed by atoms with Crippen LogP contribution in [0.4, 0.5) is 4.39 Å². The van der Waals surface area contributed by atoms with Crippen molar-refractivity contribution in [3.05, 3.63) is 29.6 Å². The van der Waals surface area contributed by atoms with E-state index in [0.29, 0.717) is 24.7 Å². The molecule has 96 valence electrons. The Morgan fingerprint density at radius 2 is 2.06 bits per heavy atom. The number of hydrogen-bond donors (Lipinski definition) is 1. The van der Waals surface area contributed by atoms with Crippen LogP contribution in [0.2, 0.25) is 0 Å². The maximum absolute atomic E-state index is 13.7.